The minimum Gasteiger partial charge on any atom is -0.355 e. The van der Waals surface area contributed by atoms with Crippen LogP contribution in [0.3, 0.4) is 0 Å². The van der Waals surface area contributed by atoms with Crippen LogP contribution in [0.4, 0.5) is 4.39 Å². The van der Waals surface area contributed by atoms with Gasteiger partial charge in [0.2, 0.25) is 5.91 Å². The van der Waals surface area contributed by atoms with Crippen LogP contribution in [0.15, 0.2) is 22.7 Å². The SMILES string of the molecule is CCCNC(=O)CSCc1ccc(Br)cc1F. The van der Waals surface area contributed by atoms with E-state index in [1.54, 1.807) is 12.1 Å². The largest absolute Gasteiger partial charge is 0.355 e. The number of amides is 1. The molecule has 0 fully saturated rings. The second-order valence-electron chi connectivity index (χ2n) is 3.58. The molecule has 1 rings (SSSR count). The lowest BCUT2D eigenvalue weighted by Crippen LogP contribution is -2.25. The highest BCUT2D eigenvalue weighted by Crippen LogP contribution is 2.19. The number of carbonyl (C=O) groups excluding carboxylic acids is 1. The van der Waals surface area contributed by atoms with Crippen molar-refractivity contribution in [3.8, 4) is 0 Å². The summed E-state index contributed by atoms with van der Waals surface area (Å²) in [7, 11) is 0. The number of rotatable bonds is 6. The Morgan fingerprint density at radius 2 is 2.29 bits per heavy atom. The van der Waals surface area contributed by atoms with E-state index in [1.807, 2.05) is 6.92 Å². The van der Waals surface area contributed by atoms with Crippen LogP contribution in [0.1, 0.15) is 18.9 Å². The molecule has 0 radical (unpaired) electrons. The van der Waals surface area contributed by atoms with Gasteiger partial charge in [-0.15, -0.1) is 11.8 Å². The summed E-state index contributed by atoms with van der Waals surface area (Å²) in [6, 6.07) is 4.97. The van der Waals surface area contributed by atoms with Crippen LogP contribution in [0.2, 0.25) is 0 Å². The van der Waals surface area contributed by atoms with Crippen LogP contribution in [0, 0.1) is 5.82 Å². The number of nitrogens with one attached hydrogen (secondary N) is 1. The summed E-state index contributed by atoms with van der Waals surface area (Å²) in [6.07, 6.45) is 0.928. The van der Waals surface area contributed by atoms with Crippen molar-refractivity contribution in [1.29, 1.82) is 0 Å². The van der Waals surface area contributed by atoms with E-state index in [2.05, 4.69) is 21.2 Å². The van der Waals surface area contributed by atoms with Gasteiger partial charge in [-0.05, 0) is 24.1 Å². The second kappa shape index (κ2) is 7.71. The fourth-order valence-electron chi connectivity index (χ4n) is 1.21. The van der Waals surface area contributed by atoms with E-state index in [9.17, 15) is 9.18 Å². The van der Waals surface area contributed by atoms with Gasteiger partial charge in [-0.25, -0.2) is 4.39 Å². The first-order chi connectivity index (χ1) is 8.13. The first-order valence-electron chi connectivity index (χ1n) is 5.42. The van der Waals surface area contributed by atoms with Crippen LogP contribution in [-0.2, 0) is 10.5 Å². The maximum Gasteiger partial charge on any atom is 0.230 e. The molecular formula is C12H15BrFNOS. The number of hydrogen-bond acceptors (Lipinski definition) is 2. The first kappa shape index (κ1) is 14.5. The van der Waals surface area contributed by atoms with Gasteiger partial charge in [0, 0.05) is 16.8 Å². The lowest BCUT2D eigenvalue weighted by atomic mass is 10.2. The molecular weight excluding hydrogens is 305 g/mol. The van der Waals surface area contributed by atoms with Gasteiger partial charge in [-0.1, -0.05) is 28.9 Å². The fourth-order valence-corrected chi connectivity index (χ4v) is 2.38. The van der Waals surface area contributed by atoms with Crippen molar-refractivity contribution < 1.29 is 9.18 Å². The van der Waals surface area contributed by atoms with Crippen molar-refractivity contribution >= 4 is 33.6 Å². The number of halogens is 2. The average Bonchev–Trinajstić information content (AvgIpc) is 2.29. The maximum absolute atomic E-state index is 13.4. The highest BCUT2D eigenvalue weighted by molar-refractivity contribution is 9.10. The van der Waals surface area contributed by atoms with Gasteiger partial charge < -0.3 is 5.32 Å². The van der Waals surface area contributed by atoms with Crippen LogP contribution < -0.4 is 5.32 Å². The quantitative estimate of drug-likeness (QED) is 0.871. The average molecular weight is 320 g/mol. The standard InChI is InChI=1S/C12H15BrFNOS/c1-2-5-15-12(16)8-17-7-9-3-4-10(13)6-11(9)14/h3-4,6H,2,5,7-8H2,1H3,(H,15,16). The van der Waals surface area contributed by atoms with E-state index >= 15 is 0 Å². The Bertz CT molecular complexity index is 387. The molecule has 1 aromatic rings. The first-order valence-corrected chi connectivity index (χ1v) is 7.36. The Labute approximate surface area is 113 Å². The molecule has 1 N–H and O–H groups in total. The Kier molecular flexibility index (Phi) is 6.58. The van der Waals surface area contributed by atoms with E-state index in [4.69, 9.17) is 0 Å². The number of hydrogen-bond donors (Lipinski definition) is 1. The van der Waals surface area contributed by atoms with Crippen LogP contribution in [-0.4, -0.2) is 18.2 Å². The van der Waals surface area contributed by atoms with Crippen LogP contribution in [0.25, 0.3) is 0 Å². The highest BCUT2D eigenvalue weighted by Gasteiger charge is 2.05. The minimum absolute atomic E-state index is 0.00868. The molecule has 0 aliphatic rings. The van der Waals surface area contributed by atoms with E-state index in [0.717, 1.165) is 10.9 Å². The van der Waals surface area contributed by atoms with E-state index in [1.165, 1.54) is 17.8 Å². The fraction of sp³-hybridized carbons (Fsp3) is 0.417. The van der Waals surface area contributed by atoms with Crippen molar-refractivity contribution in [3.05, 3.63) is 34.1 Å². The zero-order valence-electron chi connectivity index (χ0n) is 9.63. The summed E-state index contributed by atoms with van der Waals surface area (Å²) in [6.45, 7) is 2.71. The number of carbonyl (C=O) groups is 1. The van der Waals surface area contributed by atoms with Crippen molar-refractivity contribution in [1.82, 2.24) is 5.32 Å². The van der Waals surface area contributed by atoms with Gasteiger partial charge in [0.15, 0.2) is 0 Å². The van der Waals surface area contributed by atoms with Gasteiger partial charge in [0.05, 0.1) is 5.75 Å². The summed E-state index contributed by atoms with van der Waals surface area (Å²) >= 11 is 4.62. The molecule has 0 aliphatic heterocycles. The van der Waals surface area contributed by atoms with E-state index in [0.29, 0.717) is 23.6 Å². The van der Waals surface area contributed by atoms with Gasteiger partial charge in [0.1, 0.15) is 5.82 Å². The third kappa shape index (κ3) is 5.55. The van der Waals surface area contributed by atoms with Crippen LogP contribution >= 0.6 is 27.7 Å². The molecule has 0 unspecified atom stereocenters. The molecule has 0 atom stereocenters. The molecule has 0 aromatic heterocycles. The Hall–Kier alpha value is -0.550. The molecule has 1 amide bonds. The Balaban J connectivity index is 2.33. The topological polar surface area (TPSA) is 29.1 Å². The van der Waals surface area contributed by atoms with Gasteiger partial charge in [-0.3, -0.25) is 4.79 Å². The summed E-state index contributed by atoms with van der Waals surface area (Å²) in [4.78, 5) is 11.3. The summed E-state index contributed by atoms with van der Waals surface area (Å²) in [5.41, 5.74) is 0.626. The molecule has 0 saturated carbocycles. The molecule has 0 heterocycles. The molecule has 5 heteroatoms. The molecule has 0 spiro atoms. The highest BCUT2D eigenvalue weighted by atomic mass is 79.9. The van der Waals surface area contributed by atoms with Gasteiger partial charge in [0.25, 0.3) is 0 Å². The van der Waals surface area contributed by atoms with Crippen molar-refractivity contribution in [2.45, 2.75) is 19.1 Å². The number of benzene rings is 1. The molecule has 0 saturated heterocycles. The van der Waals surface area contributed by atoms with Gasteiger partial charge >= 0.3 is 0 Å². The van der Waals surface area contributed by atoms with Crippen molar-refractivity contribution in [2.75, 3.05) is 12.3 Å². The maximum atomic E-state index is 13.4. The zero-order valence-corrected chi connectivity index (χ0v) is 12.0. The molecule has 1 aromatic carbocycles. The van der Waals surface area contributed by atoms with Crippen molar-refractivity contribution in [3.63, 3.8) is 0 Å². The predicted octanol–water partition coefficient (Wildman–Crippen LogP) is 3.35. The number of thioether (sulfide) groups is 1. The monoisotopic (exact) mass is 319 g/mol. The Morgan fingerprint density at radius 3 is 2.94 bits per heavy atom. The second-order valence-corrected chi connectivity index (χ2v) is 5.48. The van der Waals surface area contributed by atoms with Crippen molar-refractivity contribution in [2.24, 2.45) is 0 Å². The summed E-state index contributed by atoms with van der Waals surface area (Å²) in [5.74, 6) is 0.656. The Morgan fingerprint density at radius 1 is 1.53 bits per heavy atom. The molecule has 0 bridgehead atoms. The smallest absolute Gasteiger partial charge is 0.230 e. The predicted molar refractivity (Wildman–Crippen MR) is 73.6 cm³/mol. The van der Waals surface area contributed by atoms with E-state index in [-0.39, 0.29) is 11.7 Å². The third-order valence-electron chi connectivity index (χ3n) is 2.08. The lowest BCUT2D eigenvalue weighted by molar-refractivity contribution is -0.118. The summed E-state index contributed by atoms with van der Waals surface area (Å²) in [5, 5.41) is 2.78. The minimum atomic E-state index is -0.235. The van der Waals surface area contributed by atoms with E-state index < -0.39 is 0 Å². The third-order valence-corrected chi connectivity index (χ3v) is 3.55. The molecule has 94 valence electrons. The summed E-state index contributed by atoms with van der Waals surface area (Å²) < 4.78 is 14.2. The lowest BCUT2D eigenvalue weighted by Gasteiger charge is -2.05. The molecule has 17 heavy (non-hydrogen) atoms. The molecule has 0 aliphatic carbocycles. The van der Waals surface area contributed by atoms with Crippen LogP contribution in [0.5, 0.6) is 0 Å². The zero-order chi connectivity index (χ0) is 12.7. The van der Waals surface area contributed by atoms with Gasteiger partial charge in [-0.2, -0.15) is 0 Å². The normalized spacial score (nSPS) is 10.3. The molecule has 2 nitrogen and oxygen atoms in total.